The van der Waals surface area contributed by atoms with Crippen LogP contribution in [0.2, 0.25) is 10.0 Å². The number of hydrogen-bond donors (Lipinski definition) is 1. The molecule has 21 heavy (non-hydrogen) atoms. The van der Waals surface area contributed by atoms with Gasteiger partial charge in [-0.3, -0.25) is 0 Å². The van der Waals surface area contributed by atoms with Gasteiger partial charge in [0.2, 0.25) is 0 Å². The maximum atomic E-state index is 6.26. The highest BCUT2D eigenvalue weighted by molar-refractivity contribution is 6.36. The van der Waals surface area contributed by atoms with Crippen LogP contribution in [0.25, 0.3) is 11.4 Å². The molecule has 5 heteroatoms. The second kappa shape index (κ2) is 6.63. The molecule has 2 rings (SSSR count). The summed E-state index contributed by atoms with van der Waals surface area (Å²) in [7, 11) is 0. The van der Waals surface area contributed by atoms with E-state index in [0.29, 0.717) is 21.8 Å². The summed E-state index contributed by atoms with van der Waals surface area (Å²) in [5, 5.41) is 4.48. The molecule has 1 aromatic carbocycles. The molecule has 0 atom stereocenters. The van der Waals surface area contributed by atoms with Crippen LogP contribution in [0.4, 0.5) is 5.82 Å². The lowest BCUT2D eigenvalue weighted by Gasteiger charge is -2.17. The van der Waals surface area contributed by atoms with Crippen LogP contribution in [0.5, 0.6) is 0 Å². The van der Waals surface area contributed by atoms with E-state index in [1.807, 2.05) is 13.0 Å². The zero-order valence-corrected chi connectivity index (χ0v) is 14.2. The first-order valence-electron chi connectivity index (χ1n) is 7.01. The van der Waals surface area contributed by atoms with Gasteiger partial charge in [-0.1, -0.05) is 37.0 Å². The standard InChI is InChI=1S/C16H19Cl2N3/c1-5-19-16-14(9(2)3)10(4)20-15(21-16)12-7-6-11(17)8-13(12)18/h6-9H,5H2,1-4H3,(H,19,20,21). The molecule has 0 aliphatic rings. The van der Waals surface area contributed by atoms with Crippen molar-refractivity contribution in [2.24, 2.45) is 0 Å². The summed E-state index contributed by atoms with van der Waals surface area (Å²) in [6.07, 6.45) is 0. The van der Waals surface area contributed by atoms with Crippen molar-refractivity contribution in [3.05, 3.63) is 39.5 Å². The van der Waals surface area contributed by atoms with Crippen molar-refractivity contribution in [1.82, 2.24) is 9.97 Å². The van der Waals surface area contributed by atoms with Gasteiger partial charge in [-0.25, -0.2) is 9.97 Å². The Morgan fingerprint density at radius 3 is 2.48 bits per heavy atom. The SMILES string of the molecule is CCNc1nc(-c2ccc(Cl)cc2Cl)nc(C)c1C(C)C. The molecular formula is C16H19Cl2N3. The lowest BCUT2D eigenvalue weighted by atomic mass is 10.0. The summed E-state index contributed by atoms with van der Waals surface area (Å²) in [5.74, 6) is 1.85. The maximum absolute atomic E-state index is 6.26. The Labute approximate surface area is 135 Å². The third-order valence-corrected chi connectivity index (χ3v) is 3.78. The molecule has 3 nitrogen and oxygen atoms in total. The molecule has 112 valence electrons. The summed E-state index contributed by atoms with van der Waals surface area (Å²) in [6, 6.07) is 5.36. The molecule has 0 unspecified atom stereocenters. The Balaban J connectivity index is 2.60. The first-order valence-corrected chi connectivity index (χ1v) is 7.77. The van der Waals surface area contributed by atoms with Crippen LogP contribution in [0.1, 0.15) is 37.9 Å². The highest BCUT2D eigenvalue weighted by Crippen LogP contribution is 2.32. The first-order chi connectivity index (χ1) is 9.93. The molecular weight excluding hydrogens is 305 g/mol. The summed E-state index contributed by atoms with van der Waals surface area (Å²) >= 11 is 12.2. The number of aryl methyl sites for hydroxylation is 1. The zero-order valence-electron chi connectivity index (χ0n) is 12.7. The van der Waals surface area contributed by atoms with Gasteiger partial charge < -0.3 is 5.32 Å². The van der Waals surface area contributed by atoms with Gasteiger partial charge in [0.05, 0.1) is 5.02 Å². The van der Waals surface area contributed by atoms with Crippen molar-refractivity contribution >= 4 is 29.0 Å². The van der Waals surface area contributed by atoms with Gasteiger partial charge in [0, 0.05) is 28.4 Å². The number of nitrogens with zero attached hydrogens (tertiary/aromatic N) is 2. The van der Waals surface area contributed by atoms with Gasteiger partial charge in [0.15, 0.2) is 5.82 Å². The van der Waals surface area contributed by atoms with E-state index in [1.54, 1.807) is 12.1 Å². The number of benzene rings is 1. The molecule has 1 N–H and O–H groups in total. The van der Waals surface area contributed by atoms with Crippen LogP contribution in [-0.2, 0) is 0 Å². The highest BCUT2D eigenvalue weighted by atomic mass is 35.5. The molecule has 0 saturated heterocycles. The van der Waals surface area contributed by atoms with E-state index in [0.717, 1.165) is 29.2 Å². The van der Waals surface area contributed by atoms with Gasteiger partial charge in [-0.05, 0) is 38.0 Å². The monoisotopic (exact) mass is 323 g/mol. The third kappa shape index (κ3) is 3.47. The maximum Gasteiger partial charge on any atom is 0.163 e. The van der Waals surface area contributed by atoms with Crippen molar-refractivity contribution in [3.63, 3.8) is 0 Å². The minimum Gasteiger partial charge on any atom is -0.370 e. The van der Waals surface area contributed by atoms with Crippen LogP contribution in [-0.4, -0.2) is 16.5 Å². The van der Waals surface area contributed by atoms with E-state index in [9.17, 15) is 0 Å². The molecule has 0 aliphatic carbocycles. The molecule has 0 bridgehead atoms. The second-order valence-electron chi connectivity index (χ2n) is 5.20. The smallest absolute Gasteiger partial charge is 0.163 e. The lowest BCUT2D eigenvalue weighted by Crippen LogP contribution is -2.09. The normalized spacial score (nSPS) is 11.0. The number of hydrogen-bond acceptors (Lipinski definition) is 3. The molecule has 0 saturated carbocycles. The van der Waals surface area contributed by atoms with E-state index in [1.165, 1.54) is 0 Å². The van der Waals surface area contributed by atoms with Gasteiger partial charge >= 0.3 is 0 Å². The summed E-state index contributed by atoms with van der Waals surface area (Å²) in [4.78, 5) is 9.27. The van der Waals surface area contributed by atoms with E-state index >= 15 is 0 Å². The number of anilines is 1. The summed E-state index contributed by atoms with van der Waals surface area (Å²) in [5.41, 5.74) is 2.90. The average molecular weight is 324 g/mol. The fourth-order valence-electron chi connectivity index (χ4n) is 2.37. The Morgan fingerprint density at radius 1 is 1.19 bits per heavy atom. The fourth-order valence-corrected chi connectivity index (χ4v) is 2.86. The third-order valence-electron chi connectivity index (χ3n) is 3.23. The number of nitrogens with one attached hydrogen (secondary N) is 1. The predicted octanol–water partition coefficient (Wildman–Crippen LogP) is 5.31. The lowest BCUT2D eigenvalue weighted by molar-refractivity contribution is 0.831. The second-order valence-corrected chi connectivity index (χ2v) is 6.05. The van der Waals surface area contributed by atoms with Gasteiger partial charge in [-0.15, -0.1) is 0 Å². The largest absolute Gasteiger partial charge is 0.370 e. The number of rotatable bonds is 4. The predicted molar refractivity (Wildman–Crippen MR) is 90.5 cm³/mol. The van der Waals surface area contributed by atoms with Gasteiger partial charge in [0.1, 0.15) is 5.82 Å². The van der Waals surface area contributed by atoms with Gasteiger partial charge in [0.25, 0.3) is 0 Å². The van der Waals surface area contributed by atoms with Crippen LogP contribution in [0, 0.1) is 6.92 Å². The minimum absolute atomic E-state index is 0.355. The minimum atomic E-state index is 0.355. The summed E-state index contributed by atoms with van der Waals surface area (Å²) < 4.78 is 0. The molecule has 0 spiro atoms. The van der Waals surface area contributed by atoms with Crippen LogP contribution in [0.15, 0.2) is 18.2 Å². The van der Waals surface area contributed by atoms with Crippen molar-refractivity contribution in [2.45, 2.75) is 33.6 Å². The Hall–Kier alpha value is -1.32. The van der Waals surface area contributed by atoms with Crippen molar-refractivity contribution < 1.29 is 0 Å². The molecule has 1 heterocycles. The molecule has 2 aromatic rings. The molecule has 0 aliphatic heterocycles. The summed E-state index contributed by atoms with van der Waals surface area (Å²) in [6.45, 7) is 9.15. The van der Waals surface area contributed by atoms with E-state index in [4.69, 9.17) is 23.2 Å². The molecule has 0 fully saturated rings. The number of aromatic nitrogens is 2. The highest BCUT2D eigenvalue weighted by Gasteiger charge is 2.16. The number of halogens is 2. The van der Waals surface area contributed by atoms with Crippen LogP contribution in [0.3, 0.4) is 0 Å². The molecule has 0 amide bonds. The van der Waals surface area contributed by atoms with E-state index < -0.39 is 0 Å². The topological polar surface area (TPSA) is 37.8 Å². The Morgan fingerprint density at radius 2 is 1.90 bits per heavy atom. The fraction of sp³-hybridized carbons (Fsp3) is 0.375. The van der Waals surface area contributed by atoms with Crippen molar-refractivity contribution in [2.75, 3.05) is 11.9 Å². The van der Waals surface area contributed by atoms with E-state index in [-0.39, 0.29) is 0 Å². The van der Waals surface area contributed by atoms with Crippen molar-refractivity contribution in [3.8, 4) is 11.4 Å². The van der Waals surface area contributed by atoms with Crippen molar-refractivity contribution in [1.29, 1.82) is 0 Å². The van der Waals surface area contributed by atoms with Gasteiger partial charge in [-0.2, -0.15) is 0 Å². The van der Waals surface area contributed by atoms with E-state index in [2.05, 4.69) is 36.1 Å². The first kappa shape index (κ1) is 16.1. The van der Waals surface area contributed by atoms with Crippen LogP contribution >= 0.6 is 23.2 Å². The Bertz CT molecular complexity index is 654. The average Bonchev–Trinajstić information content (AvgIpc) is 2.37. The Kier molecular flexibility index (Phi) is 5.07. The van der Waals surface area contributed by atoms with Crippen LogP contribution < -0.4 is 5.32 Å². The molecule has 0 radical (unpaired) electrons. The zero-order chi connectivity index (χ0) is 15.6. The molecule has 1 aromatic heterocycles. The quantitative estimate of drug-likeness (QED) is 0.828.